The van der Waals surface area contributed by atoms with Gasteiger partial charge in [-0.05, 0) is 26.7 Å². The minimum absolute atomic E-state index is 0.759. The number of rotatable bonds is 8. The van der Waals surface area contributed by atoms with E-state index in [1.807, 2.05) is 0 Å². The molecule has 0 saturated carbocycles. The van der Waals surface area contributed by atoms with Gasteiger partial charge in [0.05, 0.1) is 26.2 Å². The van der Waals surface area contributed by atoms with Crippen molar-refractivity contribution in [2.45, 2.75) is 52.5 Å². The van der Waals surface area contributed by atoms with Crippen LogP contribution in [0.5, 0.6) is 0 Å². The largest absolute Gasteiger partial charge is 0.326 e. The molecule has 0 saturated heterocycles. The molecule has 2 nitrogen and oxygen atoms in total. The molecule has 0 bridgehead atoms. The molecule has 86 valence electrons. The van der Waals surface area contributed by atoms with E-state index in [9.17, 15) is 0 Å². The topological polar surface area (TPSA) is 26.0 Å². The van der Waals surface area contributed by atoms with E-state index in [2.05, 4.69) is 27.8 Å². The monoisotopic (exact) mass is 201 g/mol. The summed E-state index contributed by atoms with van der Waals surface area (Å²) in [6.45, 7) is 10.0. The standard InChI is InChI=1S/C12H29N2/c1-5-7-8-9-12(3)14(4,6-2)11-10-13/h12H,5-11,13H2,1-4H3/q+1. The summed E-state index contributed by atoms with van der Waals surface area (Å²) in [6.07, 6.45) is 5.41. The van der Waals surface area contributed by atoms with Crippen LogP contribution in [0.3, 0.4) is 0 Å². The van der Waals surface area contributed by atoms with Crippen molar-refractivity contribution in [1.82, 2.24) is 0 Å². The van der Waals surface area contributed by atoms with Gasteiger partial charge in [-0.1, -0.05) is 19.8 Å². The van der Waals surface area contributed by atoms with Gasteiger partial charge in [0, 0.05) is 6.54 Å². The van der Waals surface area contributed by atoms with Gasteiger partial charge in [0.2, 0.25) is 0 Å². The molecule has 0 rings (SSSR count). The van der Waals surface area contributed by atoms with E-state index in [-0.39, 0.29) is 0 Å². The third-order valence-corrected chi connectivity index (χ3v) is 3.65. The fraction of sp³-hybridized carbons (Fsp3) is 1.00. The number of nitrogens with two attached hydrogens (primary N) is 1. The number of quaternary nitrogens is 1. The first kappa shape index (κ1) is 13.9. The maximum absolute atomic E-state index is 5.67. The highest BCUT2D eigenvalue weighted by Crippen LogP contribution is 2.15. The molecule has 0 aromatic rings. The SMILES string of the molecule is CCCCCC(C)[N+](C)(CC)CCN. The summed E-state index contributed by atoms with van der Waals surface area (Å²) in [4.78, 5) is 0. The molecule has 2 unspecified atom stereocenters. The molecule has 0 aromatic heterocycles. The molecule has 14 heavy (non-hydrogen) atoms. The lowest BCUT2D eigenvalue weighted by Gasteiger charge is -2.39. The van der Waals surface area contributed by atoms with E-state index in [1.165, 1.54) is 32.2 Å². The van der Waals surface area contributed by atoms with E-state index in [0.29, 0.717) is 0 Å². The van der Waals surface area contributed by atoms with Crippen LogP contribution >= 0.6 is 0 Å². The molecule has 0 aromatic carbocycles. The minimum Gasteiger partial charge on any atom is -0.326 e. The van der Waals surface area contributed by atoms with Crippen molar-refractivity contribution < 1.29 is 4.48 Å². The summed E-state index contributed by atoms with van der Waals surface area (Å²) >= 11 is 0. The molecule has 0 amide bonds. The Balaban J connectivity index is 3.95. The van der Waals surface area contributed by atoms with Gasteiger partial charge in [-0.2, -0.15) is 0 Å². The van der Waals surface area contributed by atoms with E-state index in [0.717, 1.165) is 23.6 Å². The maximum Gasteiger partial charge on any atom is 0.0911 e. The van der Waals surface area contributed by atoms with Gasteiger partial charge in [-0.3, -0.25) is 0 Å². The van der Waals surface area contributed by atoms with Gasteiger partial charge < -0.3 is 10.2 Å². The third kappa shape index (κ3) is 4.43. The van der Waals surface area contributed by atoms with Crippen molar-refractivity contribution >= 4 is 0 Å². The first-order chi connectivity index (χ1) is 6.60. The van der Waals surface area contributed by atoms with Crippen LogP contribution in [0.2, 0.25) is 0 Å². The summed E-state index contributed by atoms with van der Waals surface area (Å²) in [5.74, 6) is 0. The summed E-state index contributed by atoms with van der Waals surface area (Å²) in [5.41, 5.74) is 5.67. The second-order valence-electron chi connectivity index (χ2n) is 4.65. The predicted molar refractivity (Wildman–Crippen MR) is 64.3 cm³/mol. The Kier molecular flexibility index (Phi) is 7.20. The van der Waals surface area contributed by atoms with Crippen molar-refractivity contribution in [1.29, 1.82) is 0 Å². The van der Waals surface area contributed by atoms with Crippen LogP contribution in [0.15, 0.2) is 0 Å². The zero-order chi connectivity index (χ0) is 11.0. The lowest BCUT2D eigenvalue weighted by molar-refractivity contribution is -0.929. The molecule has 0 heterocycles. The van der Waals surface area contributed by atoms with Crippen LogP contribution in [-0.4, -0.2) is 37.2 Å². The Labute approximate surface area is 90.1 Å². The average molecular weight is 201 g/mol. The maximum atomic E-state index is 5.67. The summed E-state index contributed by atoms with van der Waals surface area (Å²) < 4.78 is 1.14. The molecule has 2 N–H and O–H groups in total. The molecule has 0 spiro atoms. The van der Waals surface area contributed by atoms with Crippen LogP contribution in [0.1, 0.15) is 46.5 Å². The zero-order valence-corrected chi connectivity index (χ0v) is 10.6. The van der Waals surface area contributed by atoms with E-state index < -0.39 is 0 Å². The highest BCUT2D eigenvalue weighted by Gasteiger charge is 2.25. The van der Waals surface area contributed by atoms with E-state index >= 15 is 0 Å². The van der Waals surface area contributed by atoms with Gasteiger partial charge in [-0.15, -0.1) is 0 Å². The van der Waals surface area contributed by atoms with Gasteiger partial charge in [-0.25, -0.2) is 0 Å². The quantitative estimate of drug-likeness (QED) is 0.473. The molecule has 2 atom stereocenters. The number of hydrogen-bond donors (Lipinski definition) is 1. The zero-order valence-electron chi connectivity index (χ0n) is 10.6. The smallest absolute Gasteiger partial charge is 0.0911 e. The van der Waals surface area contributed by atoms with Gasteiger partial charge in [0.15, 0.2) is 0 Å². The molecule has 0 fully saturated rings. The number of nitrogens with zero attached hydrogens (tertiary/aromatic N) is 1. The summed E-state index contributed by atoms with van der Waals surface area (Å²) in [7, 11) is 2.34. The van der Waals surface area contributed by atoms with Crippen molar-refractivity contribution in [3.8, 4) is 0 Å². The highest BCUT2D eigenvalue weighted by molar-refractivity contribution is 4.54. The fourth-order valence-electron chi connectivity index (χ4n) is 1.99. The van der Waals surface area contributed by atoms with Crippen molar-refractivity contribution in [3.05, 3.63) is 0 Å². The molecule has 0 aliphatic heterocycles. The Bertz CT molecular complexity index is 136. The van der Waals surface area contributed by atoms with Gasteiger partial charge in [0.25, 0.3) is 0 Å². The molecular weight excluding hydrogens is 172 g/mol. The Morgan fingerprint density at radius 1 is 1.21 bits per heavy atom. The average Bonchev–Trinajstić information content (AvgIpc) is 2.18. The minimum atomic E-state index is 0.759. The molecule has 0 aliphatic carbocycles. The van der Waals surface area contributed by atoms with Crippen LogP contribution < -0.4 is 5.73 Å². The van der Waals surface area contributed by atoms with Gasteiger partial charge in [0.1, 0.15) is 0 Å². The second-order valence-corrected chi connectivity index (χ2v) is 4.65. The van der Waals surface area contributed by atoms with Crippen LogP contribution in [-0.2, 0) is 0 Å². The highest BCUT2D eigenvalue weighted by atomic mass is 15.3. The summed E-state index contributed by atoms with van der Waals surface area (Å²) in [5, 5.41) is 0. The predicted octanol–water partition coefficient (Wildman–Crippen LogP) is 2.38. The number of likely N-dealkylation sites (N-methyl/N-ethyl adjacent to an activating group) is 1. The molecule has 0 aliphatic rings. The number of hydrogen-bond acceptors (Lipinski definition) is 1. The lowest BCUT2D eigenvalue weighted by Crippen LogP contribution is -2.53. The second kappa shape index (κ2) is 7.24. The lowest BCUT2D eigenvalue weighted by atomic mass is 10.1. The Morgan fingerprint density at radius 2 is 1.86 bits per heavy atom. The van der Waals surface area contributed by atoms with Crippen molar-refractivity contribution in [2.24, 2.45) is 5.73 Å². The van der Waals surface area contributed by atoms with E-state index in [1.54, 1.807) is 0 Å². The first-order valence-corrected chi connectivity index (χ1v) is 6.15. The number of unbranched alkanes of at least 4 members (excludes halogenated alkanes) is 2. The van der Waals surface area contributed by atoms with Crippen molar-refractivity contribution in [2.75, 3.05) is 26.7 Å². The Morgan fingerprint density at radius 3 is 2.29 bits per heavy atom. The van der Waals surface area contributed by atoms with E-state index in [4.69, 9.17) is 5.73 Å². The molecular formula is C12H29N2+. The molecule has 2 heteroatoms. The third-order valence-electron chi connectivity index (χ3n) is 3.65. The van der Waals surface area contributed by atoms with Crippen LogP contribution in [0, 0.1) is 0 Å². The van der Waals surface area contributed by atoms with Crippen LogP contribution in [0.4, 0.5) is 0 Å². The Hall–Kier alpha value is -0.0800. The van der Waals surface area contributed by atoms with Gasteiger partial charge >= 0.3 is 0 Å². The fourth-order valence-corrected chi connectivity index (χ4v) is 1.99. The molecule has 0 radical (unpaired) electrons. The van der Waals surface area contributed by atoms with Crippen molar-refractivity contribution in [3.63, 3.8) is 0 Å². The normalized spacial score (nSPS) is 17.8. The summed E-state index contributed by atoms with van der Waals surface area (Å²) in [6, 6.07) is 0.759. The van der Waals surface area contributed by atoms with Crippen LogP contribution in [0.25, 0.3) is 0 Å². The first-order valence-electron chi connectivity index (χ1n) is 6.15.